The average Bonchev–Trinajstić information content (AvgIpc) is 1.87. The van der Waals surface area contributed by atoms with Crippen LogP contribution in [0.5, 0.6) is 0 Å². The number of hydrogen-bond donors (Lipinski definition) is 0. The molecule has 0 aromatic heterocycles. The van der Waals surface area contributed by atoms with Gasteiger partial charge in [0.25, 0.3) is 0 Å². The largest absolute Gasteiger partial charge is 0.0633 e. The van der Waals surface area contributed by atoms with Gasteiger partial charge in [-0.2, -0.15) is 0 Å². The summed E-state index contributed by atoms with van der Waals surface area (Å²) in [5.41, 5.74) is 1.61. The van der Waals surface area contributed by atoms with Gasteiger partial charge in [0.15, 0.2) is 0 Å². The Morgan fingerprint density at radius 2 is 1.40 bits per heavy atom. The monoisotopic (exact) mass is 202 g/mol. The summed E-state index contributed by atoms with van der Waals surface area (Å²) in [6.45, 7) is 0. The zero-order chi connectivity index (χ0) is 7.23. The number of halogens is 1. The van der Waals surface area contributed by atoms with Crippen LogP contribution in [0.3, 0.4) is 0 Å². The summed E-state index contributed by atoms with van der Waals surface area (Å²) in [5, 5.41) is 0. The molecule has 0 unspecified atom stereocenters. The van der Waals surface area contributed by atoms with E-state index in [4.69, 9.17) is 0 Å². The third-order valence-electron chi connectivity index (χ3n) is 2.15. The molecule has 1 heteroatoms. The van der Waals surface area contributed by atoms with Gasteiger partial charge in [0, 0.05) is 0 Å². The van der Waals surface area contributed by atoms with Crippen molar-refractivity contribution in [1.82, 2.24) is 0 Å². The first-order valence-electron chi connectivity index (χ1n) is 4.21. The molecule has 1 fully saturated rings. The van der Waals surface area contributed by atoms with Crippen molar-refractivity contribution in [2.24, 2.45) is 0 Å². The average molecular weight is 203 g/mol. The first-order chi connectivity index (χ1) is 4.93. The molecule has 0 atom stereocenters. The lowest BCUT2D eigenvalue weighted by molar-refractivity contribution is 0.569. The Kier molecular flexibility index (Phi) is 4.12. The van der Waals surface area contributed by atoms with Gasteiger partial charge < -0.3 is 0 Å². The van der Waals surface area contributed by atoms with Crippen molar-refractivity contribution in [1.29, 1.82) is 0 Å². The summed E-state index contributed by atoms with van der Waals surface area (Å²) in [5.74, 6) is 0. The minimum Gasteiger partial charge on any atom is -0.0633 e. The predicted molar refractivity (Wildman–Crippen MR) is 49.3 cm³/mol. The molecule has 10 heavy (non-hydrogen) atoms. The Morgan fingerprint density at radius 1 is 0.900 bits per heavy atom. The quantitative estimate of drug-likeness (QED) is 0.558. The van der Waals surface area contributed by atoms with Gasteiger partial charge in [-0.05, 0) is 30.7 Å². The molecule has 0 aromatic carbocycles. The fourth-order valence-electron chi connectivity index (χ4n) is 1.47. The summed E-state index contributed by atoms with van der Waals surface area (Å²) >= 11 is 3.41. The molecular formula is C9H15Br. The first-order valence-corrected chi connectivity index (χ1v) is 5.13. The first kappa shape index (κ1) is 8.32. The smallest absolute Gasteiger partial charge is 0.0197 e. The van der Waals surface area contributed by atoms with Crippen LogP contribution < -0.4 is 0 Å². The highest BCUT2D eigenvalue weighted by Gasteiger charge is 2.01. The summed E-state index contributed by atoms with van der Waals surface area (Å²) in [6.07, 6.45) is 9.77. The molecule has 0 spiro atoms. The van der Waals surface area contributed by atoms with Gasteiger partial charge >= 0.3 is 0 Å². The van der Waals surface area contributed by atoms with Crippen LogP contribution >= 0.6 is 15.9 Å². The third-order valence-corrected chi connectivity index (χ3v) is 2.80. The normalized spacial score (nSPS) is 21.5. The number of hydrogen-bond acceptors (Lipinski definition) is 0. The second-order valence-corrected chi connectivity index (χ2v) is 3.49. The van der Waals surface area contributed by atoms with Gasteiger partial charge in [-0.25, -0.2) is 0 Å². The van der Waals surface area contributed by atoms with E-state index >= 15 is 0 Å². The number of rotatable bonds is 0. The SMILES string of the molecule is BrC=C1CCCCCCC1. The molecule has 0 amide bonds. The third kappa shape index (κ3) is 2.87. The van der Waals surface area contributed by atoms with Crippen LogP contribution in [0.15, 0.2) is 10.6 Å². The molecule has 0 aromatic rings. The van der Waals surface area contributed by atoms with Crippen molar-refractivity contribution in [2.45, 2.75) is 44.9 Å². The lowest BCUT2D eigenvalue weighted by Gasteiger charge is -2.10. The molecule has 0 bridgehead atoms. The van der Waals surface area contributed by atoms with E-state index in [0.29, 0.717) is 0 Å². The second kappa shape index (κ2) is 4.95. The lowest BCUT2D eigenvalue weighted by Crippen LogP contribution is -1.90. The van der Waals surface area contributed by atoms with E-state index in [2.05, 4.69) is 20.9 Å². The Hall–Kier alpha value is 0.220. The Balaban J connectivity index is 2.30. The number of allylic oxidation sites excluding steroid dienone is 1. The van der Waals surface area contributed by atoms with Crippen molar-refractivity contribution in [3.8, 4) is 0 Å². The molecule has 0 aliphatic heterocycles. The van der Waals surface area contributed by atoms with Crippen LogP contribution in [0.25, 0.3) is 0 Å². The summed E-state index contributed by atoms with van der Waals surface area (Å²) in [4.78, 5) is 2.12. The maximum absolute atomic E-state index is 3.41. The zero-order valence-electron chi connectivity index (χ0n) is 6.41. The highest BCUT2D eigenvalue weighted by Crippen LogP contribution is 2.21. The van der Waals surface area contributed by atoms with Crippen LogP contribution in [0, 0.1) is 0 Å². The fraction of sp³-hybridized carbons (Fsp3) is 0.778. The second-order valence-electron chi connectivity index (χ2n) is 3.04. The minimum atomic E-state index is 1.32. The van der Waals surface area contributed by atoms with E-state index in [0.717, 1.165) is 0 Å². The van der Waals surface area contributed by atoms with Crippen LogP contribution in [0.1, 0.15) is 44.9 Å². The maximum Gasteiger partial charge on any atom is -0.0197 e. The zero-order valence-corrected chi connectivity index (χ0v) is 7.99. The van der Waals surface area contributed by atoms with Gasteiger partial charge in [0.1, 0.15) is 0 Å². The van der Waals surface area contributed by atoms with Crippen molar-refractivity contribution in [3.05, 3.63) is 10.6 Å². The van der Waals surface area contributed by atoms with E-state index in [1.807, 2.05) is 0 Å². The van der Waals surface area contributed by atoms with E-state index < -0.39 is 0 Å². The molecule has 0 saturated heterocycles. The Bertz CT molecular complexity index is 106. The predicted octanol–water partition coefficient (Wildman–Crippen LogP) is 4.01. The van der Waals surface area contributed by atoms with E-state index in [1.165, 1.54) is 44.9 Å². The van der Waals surface area contributed by atoms with E-state index in [9.17, 15) is 0 Å². The molecular weight excluding hydrogens is 188 g/mol. The van der Waals surface area contributed by atoms with Gasteiger partial charge in [0.2, 0.25) is 0 Å². The van der Waals surface area contributed by atoms with Gasteiger partial charge in [0.05, 0.1) is 0 Å². The Labute approximate surface area is 71.8 Å². The Morgan fingerprint density at radius 3 is 1.90 bits per heavy atom. The molecule has 1 saturated carbocycles. The highest BCUT2D eigenvalue weighted by atomic mass is 79.9. The van der Waals surface area contributed by atoms with E-state index in [1.54, 1.807) is 5.57 Å². The molecule has 58 valence electrons. The van der Waals surface area contributed by atoms with Gasteiger partial charge in [-0.1, -0.05) is 40.8 Å². The molecule has 0 radical (unpaired) electrons. The molecule has 0 N–H and O–H groups in total. The molecule has 1 rings (SSSR count). The summed E-state index contributed by atoms with van der Waals surface area (Å²) < 4.78 is 0. The highest BCUT2D eigenvalue weighted by molar-refractivity contribution is 9.11. The van der Waals surface area contributed by atoms with Crippen molar-refractivity contribution < 1.29 is 0 Å². The minimum absolute atomic E-state index is 1.32. The van der Waals surface area contributed by atoms with Gasteiger partial charge in [-0.15, -0.1) is 0 Å². The van der Waals surface area contributed by atoms with Crippen molar-refractivity contribution in [3.63, 3.8) is 0 Å². The van der Waals surface area contributed by atoms with E-state index in [-0.39, 0.29) is 0 Å². The van der Waals surface area contributed by atoms with Crippen LogP contribution in [0.2, 0.25) is 0 Å². The molecule has 0 nitrogen and oxygen atoms in total. The van der Waals surface area contributed by atoms with Crippen LogP contribution in [-0.2, 0) is 0 Å². The van der Waals surface area contributed by atoms with Crippen LogP contribution in [0.4, 0.5) is 0 Å². The maximum atomic E-state index is 3.41. The van der Waals surface area contributed by atoms with Crippen LogP contribution in [-0.4, -0.2) is 0 Å². The summed E-state index contributed by atoms with van der Waals surface area (Å²) in [6, 6.07) is 0. The van der Waals surface area contributed by atoms with Gasteiger partial charge in [-0.3, -0.25) is 0 Å². The molecule has 1 aliphatic rings. The lowest BCUT2D eigenvalue weighted by atomic mass is 9.98. The topological polar surface area (TPSA) is 0 Å². The standard InChI is InChI=1S/C9H15Br/c10-8-9-6-4-2-1-3-5-7-9/h8H,1-7H2. The molecule has 0 heterocycles. The fourth-order valence-corrected chi connectivity index (χ4v) is 1.93. The summed E-state index contributed by atoms with van der Waals surface area (Å²) in [7, 11) is 0. The van der Waals surface area contributed by atoms with Crippen molar-refractivity contribution >= 4 is 15.9 Å². The molecule has 1 aliphatic carbocycles. The van der Waals surface area contributed by atoms with Crippen molar-refractivity contribution in [2.75, 3.05) is 0 Å².